The van der Waals surface area contributed by atoms with Gasteiger partial charge in [-0.15, -0.1) is 0 Å². The summed E-state index contributed by atoms with van der Waals surface area (Å²) < 4.78 is 36.9. The largest absolute Gasteiger partial charge is 0.341 e. The number of carbonyl (C=O) groups is 1. The van der Waals surface area contributed by atoms with Crippen LogP contribution in [0.1, 0.15) is 36.2 Å². The van der Waals surface area contributed by atoms with Crippen molar-refractivity contribution >= 4 is 15.9 Å². The molecule has 1 amide bonds. The topological polar surface area (TPSA) is 80.5 Å². The van der Waals surface area contributed by atoms with Crippen LogP contribution >= 0.6 is 0 Å². The van der Waals surface area contributed by atoms with Crippen molar-refractivity contribution in [3.63, 3.8) is 0 Å². The molecule has 0 aliphatic heterocycles. The lowest BCUT2D eigenvalue weighted by atomic mass is 10.1. The number of aryl methyl sites for hydroxylation is 1. The fourth-order valence-corrected chi connectivity index (χ4v) is 2.80. The van der Waals surface area contributed by atoms with Crippen molar-refractivity contribution in [2.45, 2.75) is 32.1 Å². The molecule has 118 valence electrons. The molecule has 0 saturated carbocycles. The van der Waals surface area contributed by atoms with Crippen LogP contribution in [0.25, 0.3) is 0 Å². The van der Waals surface area contributed by atoms with E-state index in [9.17, 15) is 17.6 Å². The van der Waals surface area contributed by atoms with E-state index in [-0.39, 0.29) is 21.9 Å². The summed E-state index contributed by atoms with van der Waals surface area (Å²) in [7, 11) is -2.44. The van der Waals surface area contributed by atoms with Gasteiger partial charge >= 0.3 is 0 Å². The Bertz CT molecular complexity index is 644. The molecular formula is C14H21FN2O3S. The van der Waals surface area contributed by atoms with Crippen molar-refractivity contribution in [2.75, 3.05) is 13.6 Å². The van der Waals surface area contributed by atoms with Crippen molar-refractivity contribution in [3.05, 3.63) is 29.1 Å². The maximum absolute atomic E-state index is 14.0. The molecule has 0 heterocycles. The number of sulfonamides is 1. The van der Waals surface area contributed by atoms with Crippen molar-refractivity contribution in [2.24, 2.45) is 11.1 Å². The summed E-state index contributed by atoms with van der Waals surface area (Å²) in [6.45, 7) is 5.87. The van der Waals surface area contributed by atoms with E-state index in [1.165, 1.54) is 11.8 Å². The fourth-order valence-electron chi connectivity index (χ4n) is 2.01. The number of halogens is 1. The predicted octanol–water partition coefficient (Wildman–Crippen LogP) is 1.90. The molecule has 0 aliphatic rings. The summed E-state index contributed by atoms with van der Waals surface area (Å²) in [4.78, 5) is 13.4. The second kappa shape index (κ2) is 6.53. The Labute approximate surface area is 125 Å². The van der Waals surface area contributed by atoms with Crippen LogP contribution in [0, 0.1) is 18.7 Å². The molecular weight excluding hydrogens is 295 g/mol. The minimum atomic E-state index is -4.00. The quantitative estimate of drug-likeness (QED) is 0.901. The van der Waals surface area contributed by atoms with Crippen LogP contribution in [-0.4, -0.2) is 32.8 Å². The van der Waals surface area contributed by atoms with Crippen LogP contribution in [0.5, 0.6) is 0 Å². The Morgan fingerprint density at radius 2 is 2.00 bits per heavy atom. The van der Waals surface area contributed by atoms with Crippen LogP contribution < -0.4 is 5.14 Å². The molecule has 1 aromatic carbocycles. The van der Waals surface area contributed by atoms with Gasteiger partial charge in [-0.3, -0.25) is 4.79 Å². The highest BCUT2D eigenvalue weighted by molar-refractivity contribution is 7.89. The van der Waals surface area contributed by atoms with Gasteiger partial charge in [0.25, 0.3) is 5.91 Å². The van der Waals surface area contributed by atoms with Crippen LogP contribution in [0.4, 0.5) is 4.39 Å². The molecule has 1 unspecified atom stereocenters. The average Bonchev–Trinajstić information content (AvgIpc) is 2.36. The highest BCUT2D eigenvalue weighted by atomic mass is 32.2. The zero-order valence-corrected chi connectivity index (χ0v) is 13.5. The van der Waals surface area contributed by atoms with Crippen molar-refractivity contribution < 1.29 is 17.6 Å². The molecule has 0 saturated heterocycles. The summed E-state index contributed by atoms with van der Waals surface area (Å²) in [5, 5.41) is 5.08. The van der Waals surface area contributed by atoms with Gasteiger partial charge in [0.2, 0.25) is 10.0 Å². The van der Waals surface area contributed by atoms with Gasteiger partial charge in [-0.25, -0.2) is 17.9 Å². The van der Waals surface area contributed by atoms with Crippen molar-refractivity contribution in [3.8, 4) is 0 Å². The number of rotatable bonds is 5. The van der Waals surface area contributed by atoms with Crippen LogP contribution in [0.2, 0.25) is 0 Å². The van der Waals surface area contributed by atoms with E-state index >= 15 is 0 Å². The van der Waals surface area contributed by atoms with Gasteiger partial charge in [0.1, 0.15) is 5.82 Å². The Morgan fingerprint density at radius 3 is 2.48 bits per heavy atom. The van der Waals surface area contributed by atoms with Gasteiger partial charge in [0.15, 0.2) is 0 Å². The average molecular weight is 316 g/mol. The van der Waals surface area contributed by atoms with E-state index in [4.69, 9.17) is 5.14 Å². The zero-order chi connectivity index (χ0) is 16.4. The van der Waals surface area contributed by atoms with E-state index in [0.29, 0.717) is 6.54 Å². The first kappa shape index (κ1) is 17.6. The summed E-state index contributed by atoms with van der Waals surface area (Å²) >= 11 is 0. The molecule has 5 nitrogen and oxygen atoms in total. The minimum absolute atomic E-state index is 0.177. The summed E-state index contributed by atoms with van der Waals surface area (Å²) in [5.74, 6) is -1.04. The van der Waals surface area contributed by atoms with Gasteiger partial charge < -0.3 is 4.90 Å². The maximum atomic E-state index is 14.0. The zero-order valence-electron chi connectivity index (χ0n) is 12.7. The third-order valence-electron chi connectivity index (χ3n) is 3.43. The lowest BCUT2D eigenvalue weighted by Crippen LogP contribution is -2.32. The number of hydrogen-bond acceptors (Lipinski definition) is 3. The van der Waals surface area contributed by atoms with E-state index in [2.05, 4.69) is 0 Å². The minimum Gasteiger partial charge on any atom is -0.341 e. The van der Waals surface area contributed by atoms with E-state index in [1.54, 1.807) is 7.05 Å². The first-order valence-corrected chi connectivity index (χ1v) is 8.21. The summed E-state index contributed by atoms with van der Waals surface area (Å²) in [5.41, 5.74) is -0.105. The number of primary sulfonamides is 1. The third-order valence-corrected chi connectivity index (χ3v) is 4.48. The Kier molecular flexibility index (Phi) is 5.47. The second-order valence-corrected chi connectivity index (χ2v) is 6.87. The molecule has 0 aromatic heterocycles. The molecule has 1 atom stereocenters. The number of carbonyl (C=O) groups excluding carboxylic acids is 1. The normalized spacial score (nSPS) is 13.0. The van der Waals surface area contributed by atoms with Crippen LogP contribution in [-0.2, 0) is 10.0 Å². The van der Waals surface area contributed by atoms with E-state index in [1.807, 2.05) is 13.8 Å². The fraction of sp³-hybridized carbons (Fsp3) is 0.500. The number of nitrogens with two attached hydrogens (primary N) is 1. The van der Waals surface area contributed by atoms with E-state index in [0.717, 1.165) is 18.6 Å². The van der Waals surface area contributed by atoms with Crippen molar-refractivity contribution in [1.29, 1.82) is 0 Å². The smallest absolute Gasteiger partial charge is 0.256 e. The second-order valence-electron chi connectivity index (χ2n) is 5.34. The standard InChI is InChI=1S/C14H21FN2O3S/c1-5-9(2)8-17(4)14(18)11-7-13(21(16,19)20)10(3)6-12(11)15/h6-7,9H,5,8H2,1-4H3,(H2,16,19,20). The Balaban J connectivity index is 3.22. The van der Waals surface area contributed by atoms with Gasteiger partial charge in [-0.05, 0) is 30.5 Å². The van der Waals surface area contributed by atoms with Gasteiger partial charge in [0.05, 0.1) is 10.5 Å². The number of amides is 1. The number of benzene rings is 1. The van der Waals surface area contributed by atoms with Gasteiger partial charge in [0, 0.05) is 13.6 Å². The van der Waals surface area contributed by atoms with Crippen molar-refractivity contribution in [1.82, 2.24) is 4.90 Å². The summed E-state index contributed by atoms with van der Waals surface area (Å²) in [6.07, 6.45) is 0.885. The Hall–Kier alpha value is -1.47. The molecule has 21 heavy (non-hydrogen) atoms. The first-order valence-electron chi connectivity index (χ1n) is 6.66. The van der Waals surface area contributed by atoms with E-state index < -0.39 is 21.7 Å². The van der Waals surface area contributed by atoms with Crippen LogP contribution in [0.3, 0.4) is 0 Å². The Morgan fingerprint density at radius 1 is 1.43 bits per heavy atom. The lowest BCUT2D eigenvalue weighted by Gasteiger charge is -2.21. The molecule has 0 fully saturated rings. The molecule has 0 bridgehead atoms. The SMILES string of the molecule is CCC(C)CN(C)C(=O)c1cc(S(N)(=O)=O)c(C)cc1F. The number of hydrogen-bond donors (Lipinski definition) is 1. The molecule has 0 radical (unpaired) electrons. The first-order chi connectivity index (χ1) is 9.57. The molecule has 1 rings (SSSR count). The van der Waals surface area contributed by atoms with Gasteiger partial charge in [-0.1, -0.05) is 20.3 Å². The number of nitrogens with zero attached hydrogens (tertiary/aromatic N) is 1. The maximum Gasteiger partial charge on any atom is 0.256 e. The molecule has 1 aromatic rings. The molecule has 0 aliphatic carbocycles. The highest BCUT2D eigenvalue weighted by Gasteiger charge is 2.22. The third kappa shape index (κ3) is 4.25. The highest BCUT2D eigenvalue weighted by Crippen LogP contribution is 2.20. The van der Waals surface area contributed by atoms with Gasteiger partial charge in [-0.2, -0.15) is 0 Å². The molecule has 0 spiro atoms. The predicted molar refractivity (Wildman–Crippen MR) is 78.9 cm³/mol. The lowest BCUT2D eigenvalue weighted by molar-refractivity contribution is 0.0770. The summed E-state index contributed by atoms with van der Waals surface area (Å²) in [6, 6.07) is 2.03. The monoisotopic (exact) mass is 316 g/mol. The molecule has 2 N–H and O–H groups in total. The molecule has 7 heteroatoms. The van der Waals surface area contributed by atoms with Crippen LogP contribution in [0.15, 0.2) is 17.0 Å².